The smallest absolute Gasteiger partial charge is 0.407 e. The molecule has 0 saturated heterocycles. The lowest BCUT2D eigenvalue weighted by Gasteiger charge is -2.24. The number of thiazole rings is 1. The number of nitrogens with zero attached hydrogens (tertiary/aromatic N) is 3. The highest BCUT2D eigenvalue weighted by Gasteiger charge is 2.32. The molecule has 3 aromatic rings. The van der Waals surface area contributed by atoms with E-state index in [0.29, 0.717) is 11.3 Å². The molecular weight excluding hydrogens is 694 g/mol. The maximum atomic E-state index is 15.3. The van der Waals surface area contributed by atoms with Crippen molar-refractivity contribution in [3.05, 3.63) is 65.0 Å². The molecule has 50 heavy (non-hydrogen) atoms. The number of halogens is 1. The quantitative estimate of drug-likeness (QED) is 0.0764. The Balaban J connectivity index is 1.75. The minimum atomic E-state index is -4.51. The number of methoxy groups -OCH3 is 1. The predicted molar refractivity (Wildman–Crippen MR) is 187 cm³/mol. The van der Waals surface area contributed by atoms with Crippen LogP contribution in [0.5, 0.6) is 5.75 Å². The number of carbonyl (C=O) groups is 3. The van der Waals surface area contributed by atoms with E-state index in [1.54, 1.807) is 45.0 Å². The second-order valence-electron chi connectivity index (χ2n) is 12.1. The monoisotopic (exact) mass is 735 g/mol. The van der Waals surface area contributed by atoms with Crippen molar-refractivity contribution in [2.24, 2.45) is 16.6 Å². The maximum Gasteiger partial charge on any atom is 0.407 e. The Kier molecular flexibility index (Phi) is 13.9. The van der Waals surface area contributed by atoms with Gasteiger partial charge in [0.15, 0.2) is 11.7 Å². The van der Waals surface area contributed by atoms with E-state index in [1.807, 2.05) is 13.8 Å². The predicted octanol–water partition coefficient (Wildman–Crippen LogP) is 3.87. The van der Waals surface area contributed by atoms with Crippen LogP contribution in [0.1, 0.15) is 50.7 Å². The third kappa shape index (κ3) is 11.9. The van der Waals surface area contributed by atoms with Gasteiger partial charge in [0.2, 0.25) is 5.91 Å². The second kappa shape index (κ2) is 17.6. The van der Waals surface area contributed by atoms with Crippen molar-refractivity contribution in [2.45, 2.75) is 51.7 Å². The topological polar surface area (TPSA) is 204 Å². The summed E-state index contributed by atoms with van der Waals surface area (Å²) in [6.45, 7) is 8.66. The van der Waals surface area contributed by atoms with E-state index >= 15 is 4.39 Å². The van der Waals surface area contributed by atoms with Gasteiger partial charge in [-0.15, -0.1) is 11.3 Å². The molecular formula is C32H42FN7O8S2. The molecule has 2 aromatic carbocycles. The molecule has 0 fully saturated rings. The number of alkyl carbamates (subject to hydrolysis) is 1. The van der Waals surface area contributed by atoms with E-state index < -0.39 is 50.9 Å². The highest BCUT2D eigenvalue weighted by atomic mass is 32.2. The lowest BCUT2D eigenvalue weighted by molar-refractivity contribution is -0.114. The van der Waals surface area contributed by atoms with E-state index in [1.165, 1.54) is 12.6 Å². The zero-order chi connectivity index (χ0) is 37.1. The fourth-order valence-electron chi connectivity index (χ4n) is 3.99. The molecule has 1 aromatic heterocycles. The summed E-state index contributed by atoms with van der Waals surface area (Å²) in [5.41, 5.74) is 6.48. The number of carbonyl (C=O) groups excluding carboxylic acids is 3. The van der Waals surface area contributed by atoms with Gasteiger partial charge < -0.3 is 35.9 Å². The van der Waals surface area contributed by atoms with Gasteiger partial charge in [-0.05, 0) is 62.6 Å². The van der Waals surface area contributed by atoms with Crippen LogP contribution in [-0.2, 0) is 30.8 Å². The van der Waals surface area contributed by atoms with Gasteiger partial charge in [0.25, 0.3) is 10.0 Å². The summed E-state index contributed by atoms with van der Waals surface area (Å²) in [6, 6.07) is 9.61. The van der Waals surface area contributed by atoms with E-state index in [0.717, 1.165) is 33.8 Å². The number of guanidine groups is 1. The van der Waals surface area contributed by atoms with E-state index in [4.69, 9.17) is 19.9 Å². The molecule has 272 valence electrons. The van der Waals surface area contributed by atoms with Crippen molar-refractivity contribution >= 4 is 56.0 Å². The zero-order valence-corrected chi connectivity index (χ0v) is 30.2. The van der Waals surface area contributed by atoms with Gasteiger partial charge >= 0.3 is 12.1 Å². The SMILES string of the molecule is COc1ccc(CN(c2scnc2C(=O)OCC(C)C)S(=O)(=O)c2ccc(NC(=O)CN=C(N)NCCNC(=O)OC(C)(C)C)c(F)c2)cc1. The van der Waals surface area contributed by atoms with Gasteiger partial charge in [0, 0.05) is 13.1 Å². The van der Waals surface area contributed by atoms with Crippen molar-refractivity contribution in [3.8, 4) is 5.75 Å². The molecule has 3 rings (SSSR count). The number of sulfonamides is 1. The fraction of sp³-hybridized carbons (Fsp3) is 0.406. The van der Waals surface area contributed by atoms with Gasteiger partial charge in [-0.2, -0.15) is 0 Å². The first-order chi connectivity index (χ1) is 23.5. The lowest BCUT2D eigenvalue weighted by Crippen LogP contribution is -2.40. The first-order valence-electron chi connectivity index (χ1n) is 15.4. The number of ether oxygens (including phenoxy) is 3. The average molecular weight is 736 g/mol. The van der Waals surface area contributed by atoms with Crippen LogP contribution in [0.4, 0.5) is 19.9 Å². The van der Waals surface area contributed by atoms with E-state index in [2.05, 4.69) is 25.9 Å². The van der Waals surface area contributed by atoms with Crippen molar-refractivity contribution in [3.63, 3.8) is 0 Å². The minimum absolute atomic E-state index is 0.0166. The van der Waals surface area contributed by atoms with Crippen molar-refractivity contribution in [1.29, 1.82) is 0 Å². The summed E-state index contributed by atoms with van der Waals surface area (Å²) in [7, 11) is -3.01. The number of hydrogen-bond acceptors (Lipinski definition) is 11. The molecule has 0 aliphatic carbocycles. The Morgan fingerprint density at radius 3 is 2.38 bits per heavy atom. The molecule has 0 spiro atoms. The molecule has 1 heterocycles. The summed E-state index contributed by atoms with van der Waals surface area (Å²) in [5, 5.41) is 7.57. The fourth-order valence-corrected chi connectivity index (χ4v) is 6.47. The van der Waals surface area contributed by atoms with Crippen molar-refractivity contribution in [2.75, 3.05) is 43.0 Å². The number of aromatic nitrogens is 1. The minimum Gasteiger partial charge on any atom is -0.497 e. The average Bonchev–Trinajstić information content (AvgIpc) is 3.53. The normalized spacial score (nSPS) is 11.9. The third-order valence-corrected chi connectivity index (χ3v) is 9.00. The Hall–Kier alpha value is -4.97. The highest BCUT2D eigenvalue weighted by molar-refractivity contribution is 7.93. The van der Waals surface area contributed by atoms with Gasteiger partial charge in [-0.25, -0.2) is 32.4 Å². The number of esters is 1. The molecule has 0 saturated carbocycles. The van der Waals surface area contributed by atoms with Crippen LogP contribution >= 0.6 is 11.3 Å². The summed E-state index contributed by atoms with van der Waals surface area (Å²) >= 11 is 0.909. The maximum absolute atomic E-state index is 15.3. The molecule has 0 radical (unpaired) electrons. The van der Waals surface area contributed by atoms with Crippen LogP contribution in [0.25, 0.3) is 0 Å². The molecule has 2 amide bonds. The van der Waals surface area contributed by atoms with Crippen LogP contribution < -0.4 is 30.7 Å². The van der Waals surface area contributed by atoms with Gasteiger partial charge in [0.1, 0.15) is 28.7 Å². The number of nitrogens with two attached hydrogens (primary N) is 1. The molecule has 5 N–H and O–H groups in total. The molecule has 0 atom stereocenters. The zero-order valence-electron chi connectivity index (χ0n) is 28.6. The van der Waals surface area contributed by atoms with Crippen LogP contribution in [0.3, 0.4) is 0 Å². The van der Waals surface area contributed by atoms with Crippen LogP contribution in [0.15, 0.2) is 57.9 Å². The van der Waals surface area contributed by atoms with Gasteiger partial charge in [-0.3, -0.25) is 9.10 Å². The molecule has 15 nitrogen and oxygen atoms in total. The van der Waals surface area contributed by atoms with Gasteiger partial charge in [-0.1, -0.05) is 26.0 Å². The van der Waals surface area contributed by atoms with Gasteiger partial charge in [0.05, 0.1) is 36.4 Å². The highest BCUT2D eigenvalue weighted by Crippen LogP contribution is 2.34. The molecule has 0 unspecified atom stereocenters. The molecule has 0 aliphatic rings. The number of benzene rings is 2. The summed E-state index contributed by atoms with van der Waals surface area (Å²) < 4.78 is 60.0. The standard InChI is InChI=1S/C32H42FN7O8S2/c1-20(2)18-47-29(42)27-28(49-19-38-27)40(17-21-7-9-22(46-6)10-8-21)50(44,45)23-11-12-25(24(33)15-23)39-26(41)16-37-30(34)35-13-14-36-31(43)48-32(3,4)5/h7-12,15,19-20H,13-14,16-18H2,1-6H3,(H,36,43)(H,39,41)(H3,34,35,37). The number of rotatable bonds is 15. The summed E-state index contributed by atoms with van der Waals surface area (Å²) in [6.07, 6.45) is -0.602. The summed E-state index contributed by atoms with van der Waals surface area (Å²) in [4.78, 5) is 44.6. The number of anilines is 2. The first-order valence-corrected chi connectivity index (χ1v) is 17.7. The van der Waals surface area contributed by atoms with Crippen molar-refractivity contribution < 1.29 is 41.4 Å². The van der Waals surface area contributed by atoms with Crippen LogP contribution in [-0.4, -0.2) is 76.3 Å². The largest absolute Gasteiger partial charge is 0.497 e. The van der Waals surface area contributed by atoms with Crippen molar-refractivity contribution in [1.82, 2.24) is 15.6 Å². The van der Waals surface area contributed by atoms with E-state index in [9.17, 15) is 22.8 Å². The van der Waals surface area contributed by atoms with Crippen LogP contribution in [0, 0.1) is 11.7 Å². The molecule has 0 bridgehead atoms. The molecule has 18 heteroatoms. The Morgan fingerprint density at radius 2 is 1.76 bits per heavy atom. The van der Waals surface area contributed by atoms with Crippen LogP contribution in [0.2, 0.25) is 0 Å². The Morgan fingerprint density at radius 1 is 1.08 bits per heavy atom. The number of amides is 2. The lowest BCUT2D eigenvalue weighted by atomic mass is 10.2. The Labute approximate surface area is 294 Å². The second-order valence-corrected chi connectivity index (χ2v) is 14.8. The number of hydrogen-bond donors (Lipinski definition) is 4. The third-order valence-electron chi connectivity index (χ3n) is 6.30. The number of nitrogens with one attached hydrogen (secondary N) is 3. The Bertz CT molecular complexity index is 1780. The summed E-state index contributed by atoms with van der Waals surface area (Å²) in [5.74, 6) is -2.08. The number of aliphatic imine (C=N–C) groups is 1. The van der Waals surface area contributed by atoms with E-state index in [-0.39, 0.29) is 54.5 Å². The molecule has 0 aliphatic heterocycles. The first kappa shape index (κ1) is 39.5.